The maximum absolute atomic E-state index is 13.1. The van der Waals surface area contributed by atoms with Crippen molar-refractivity contribution >= 4 is 29.3 Å². The Morgan fingerprint density at radius 3 is 2.10 bits per heavy atom. The molecule has 5 heteroatoms. The van der Waals surface area contributed by atoms with Crippen molar-refractivity contribution in [1.29, 1.82) is 0 Å². The quantitative estimate of drug-likeness (QED) is 0.696. The van der Waals surface area contributed by atoms with Crippen molar-refractivity contribution in [3.63, 3.8) is 0 Å². The maximum Gasteiger partial charge on any atom is 0.241 e. The van der Waals surface area contributed by atoms with Crippen molar-refractivity contribution in [2.24, 2.45) is 0 Å². The fraction of sp³-hybridized carbons (Fsp3) is 0.167. The van der Waals surface area contributed by atoms with Crippen molar-refractivity contribution < 1.29 is 9.59 Å². The number of anilines is 1. The van der Waals surface area contributed by atoms with Crippen LogP contribution in [0.5, 0.6) is 0 Å². The number of hydrogen-bond donors (Lipinski definition) is 1. The third-order valence-corrected chi connectivity index (χ3v) is 6.25. The van der Waals surface area contributed by atoms with Crippen LogP contribution in [-0.4, -0.2) is 24.1 Å². The molecular formula is C24H22N2O2S. The van der Waals surface area contributed by atoms with Crippen LogP contribution in [-0.2, 0) is 15.1 Å². The van der Waals surface area contributed by atoms with Crippen molar-refractivity contribution in [2.45, 2.75) is 17.4 Å². The van der Waals surface area contributed by atoms with Crippen LogP contribution in [0.3, 0.4) is 0 Å². The summed E-state index contributed by atoms with van der Waals surface area (Å²) < 4.78 is 0. The highest BCUT2D eigenvalue weighted by molar-refractivity contribution is 8.00. The van der Waals surface area contributed by atoms with Crippen molar-refractivity contribution in [1.82, 2.24) is 5.32 Å². The predicted octanol–water partition coefficient (Wildman–Crippen LogP) is 4.21. The van der Waals surface area contributed by atoms with Crippen LogP contribution in [0.4, 0.5) is 5.69 Å². The van der Waals surface area contributed by atoms with E-state index in [2.05, 4.69) is 5.32 Å². The summed E-state index contributed by atoms with van der Waals surface area (Å²) in [4.78, 5) is 28.2. The van der Waals surface area contributed by atoms with E-state index in [-0.39, 0.29) is 18.4 Å². The molecule has 0 spiro atoms. The van der Waals surface area contributed by atoms with Crippen LogP contribution in [0.25, 0.3) is 0 Å². The molecule has 3 aromatic carbocycles. The molecule has 1 aliphatic heterocycles. The number of para-hydroxylation sites is 1. The molecular weight excluding hydrogens is 380 g/mol. The molecule has 1 N–H and O–H groups in total. The van der Waals surface area contributed by atoms with Gasteiger partial charge in [0.05, 0.1) is 17.0 Å². The first-order valence-electron chi connectivity index (χ1n) is 9.52. The number of nitrogens with zero attached hydrogens (tertiary/aromatic N) is 1. The molecule has 0 radical (unpaired) electrons. The number of carbonyl (C=O) groups excluding carboxylic acids is 2. The summed E-state index contributed by atoms with van der Waals surface area (Å²) in [6, 6.07) is 27.5. The lowest BCUT2D eigenvalue weighted by Crippen LogP contribution is -2.50. The zero-order valence-electron chi connectivity index (χ0n) is 16.2. The zero-order valence-corrected chi connectivity index (χ0v) is 17.0. The number of carbonyl (C=O) groups is 2. The molecule has 4 nitrogen and oxygen atoms in total. The summed E-state index contributed by atoms with van der Waals surface area (Å²) in [6.07, 6.45) is 0. The molecule has 0 unspecified atom stereocenters. The molecule has 29 heavy (non-hydrogen) atoms. The number of hydrogen-bond acceptors (Lipinski definition) is 3. The van der Waals surface area contributed by atoms with Crippen LogP contribution in [0.15, 0.2) is 89.8 Å². The van der Waals surface area contributed by atoms with E-state index in [0.717, 1.165) is 21.7 Å². The smallest absolute Gasteiger partial charge is 0.241 e. The first-order chi connectivity index (χ1) is 14.1. The monoisotopic (exact) mass is 402 g/mol. The summed E-state index contributed by atoms with van der Waals surface area (Å²) in [5.41, 5.74) is 2.07. The van der Waals surface area contributed by atoms with Gasteiger partial charge in [-0.2, -0.15) is 0 Å². The van der Waals surface area contributed by atoms with E-state index in [1.165, 1.54) is 11.8 Å². The number of rotatable bonds is 5. The Labute approximate surface area is 174 Å². The van der Waals surface area contributed by atoms with Crippen LogP contribution in [0.1, 0.15) is 18.1 Å². The Balaban J connectivity index is 1.62. The molecule has 1 aliphatic rings. The van der Waals surface area contributed by atoms with Crippen molar-refractivity contribution in [3.05, 3.63) is 96.1 Å². The minimum absolute atomic E-state index is 0.00827. The lowest BCUT2D eigenvalue weighted by atomic mass is 9.84. The Hall–Kier alpha value is -3.05. The van der Waals surface area contributed by atoms with E-state index in [1.54, 1.807) is 4.90 Å². The molecule has 4 rings (SSSR count). The molecule has 2 amide bonds. The van der Waals surface area contributed by atoms with Crippen molar-refractivity contribution in [3.8, 4) is 0 Å². The van der Waals surface area contributed by atoms with Gasteiger partial charge in [0.25, 0.3) is 0 Å². The minimum atomic E-state index is -0.702. The largest absolute Gasteiger partial charge is 0.341 e. The van der Waals surface area contributed by atoms with E-state index in [1.807, 2.05) is 91.9 Å². The number of amides is 2. The standard InChI is InChI=1S/C24H22N2O2S/c1-24(18-10-4-2-5-11-18,19-12-6-3-7-13-19)25-22(27)16-26-20-14-8-9-15-21(20)29-17-23(26)28/h2-15H,16-17H2,1H3,(H,25,27). The maximum atomic E-state index is 13.1. The van der Waals surface area contributed by atoms with Gasteiger partial charge in [-0.1, -0.05) is 72.8 Å². The van der Waals surface area contributed by atoms with Gasteiger partial charge in [-0.25, -0.2) is 0 Å². The average molecular weight is 403 g/mol. The third kappa shape index (κ3) is 3.91. The SMILES string of the molecule is CC(NC(=O)CN1C(=O)CSc2ccccc21)(c1ccccc1)c1ccccc1. The van der Waals surface area contributed by atoms with Gasteiger partial charge in [-0.15, -0.1) is 11.8 Å². The topological polar surface area (TPSA) is 49.4 Å². The van der Waals surface area contributed by atoms with Gasteiger partial charge < -0.3 is 10.2 Å². The molecule has 0 saturated heterocycles. The Kier molecular flexibility index (Phi) is 5.41. The van der Waals surface area contributed by atoms with Gasteiger partial charge in [-0.05, 0) is 30.2 Å². The zero-order chi connectivity index (χ0) is 20.3. The van der Waals surface area contributed by atoms with E-state index in [4.69, 9.17) is 0 Å². The highest BCUT2D eigenvalue weighted by Gasteiger charge is 2.33. The lowest BCUT2D eigenvalue weighted by Gasteiger charge is -2.34. The van der Waals surface area contributed by atoms with Crippen LogP contribution in [0, 0.1) is 0 Å². The molecule has 0 atom stereocenters. The highest BCUT2D eigenvalue weighted by Crippen LogP contribution is 2.35. The van der Waals surface area contributed by atoms with E-state index < -0.39 is 5.54 Å². The van der Waals surface area contributed by atoms with Crippen LogP contribution in [0.2, 0.25) is 0 Å². The van der Waals surface area contributed by atoms with Gasteiger partial charge in [0.2, 0.25) is 11.8 Å². The average Bonchev–Trinajstić information content (AvgIpc) is 2.77. The van der Waals surface area contributed by atoms with Crippen LogP contribution >= 0.6 is 11.8 Å². The number of thioether (sulfide) groups is 1. The lowest BCUT2D eigenvalue weighted by molar-refractivity contribution is -0.124. The summed E-state index contributed by atoms with van der Waals surface area (Å²) in [6.45, 7) is 1.99. The van der Waals surface area contributed by atoms with Crippen LogP contribution < -0.4 is 10.2 Å². The second-order valence-electron chi connectivity index (χ2n) is 7.14. The van der Waals surface area contributed by atoms with Gasteiger partial charge in [-0.3, -0.25) is 9.59 Å². The molecule has 0 aliphatic carbocycles. The molecule has 0 aromatic heterocycles. The van der Waals surface area contributed by atoms with E-state index in [9.17, 15) is 9.59 Å². The van der Waals surface area contributed by atoms with Gasteiger partial charge in [0, 0.05) is 4.90 Å². The van der Waals surface area contributed by atoms with E-state index >= 15 is 0 Å². The second-order valence-corrected chi connectivity index (χ2v) is 8.16. The fourth-order valence-corrected chi connectivity index (χ4v) is 4.58. The minimum Gasteiger partial charge on any atom is -0.341 e. The Morgan fingerprint density at radius 2 is 1.48 bits per heavy atom. The third-order valence-electron chi connectivity index (χ3n) is 5.20. The summed E-state index contributed by atoms with van der Waals surface area (Å²) >= 11 is 1.51. The Bertz CT molecular complexity index is 982. The van der Waals surface area contributed by atoms with E-state index in [0.29, 0.717) is 5.75 Å². The van der Waals surface area contributed by atoms with Crippen molar-refractivity contribution in [2.75, 3.05) is 17.2 Å². The molecule has 0 bridgehead atoms. The first-order valence-corrected chi connectivity index (χ1v) is 10.5. The first kappa shape index (κ1) is 19.3. The number of fused-ring (bicyclic) bond motifs is 1. The highest BCUT2D eigenvalue weighted by atomic mass is 32.2. The molecule has 0 fully saturated rings. The Morgan fingerprint density at radius 1 is 0.931 bits per heavy atom. The summed E-state index contributed by atoms with van der Waals surface area (Å²) in [5.74, 6) is 0.0964. The van der Waals surface area contributed by atoms with Gasteiger partial charge >= 0.3 is 0 Å². The molecule has 146 valence electrons. The molecule has 1 heterocycles. The predicted molar refractivity (Wildman–Crippen MR) is 117 cm³/mol. The number of nitrogens with one attached hydrogen (secondary N) is 1. The summed E-state index contributed by atoms with van der Waals surface area (Å²) in [5, 5.41) is 3.19. The van der Waals surface area contributed by atoms with Gasteiger partial charge in [0.15, 0.2) is 0 Å². The summed E-state index contributed by atoms with van der Waals surface area (Å²) in [7, 11) is 0. The molecule has 3 aromatic rings. The fourth-order valence-electron chi connectivity index (χ4n) is 3.64. The number of benzene rings is 3. The normalized spacial score (nSPS) is 13.7. The molecule has 0 saturated carbocycles. The van der Waals surface area contributed by atoms with Gasteiger partial charge in [0.1, 0.15) is 6.54 Å². The second kappa shape index (κ2) is 8.13.